The average Bonchev–Trinajstić information content (AvgIpc) is 3.38. The normalized spacial score (nSPS) is 19.5. The maximum absolute atomic E-state index is 12.5. The Hall–Kier alpha value is -1.85. The zero-order valence-corrected chi connectivity index (χ0v) is 21.9. The summed E-state index contributed by atoms with van der Waals surface area (Å²) in [6.45, 7) is 12.3. The predicted molar refractivity (Wildman–Crippen MR) is 143 cm³/mol. The largest absolute Gasteiger partial charge is 0.378 e. The number of anilines is 1. The SMILES string of the molecule is CCNC(=NCc1cccc(N2CC=CC2)c1)N1CCN(CC(=O)N2CCOCC2)CC1.I. The summed E-state index contributed by atoms with van der Waals surface area (Å²) in [6, 6.07) is 8.68. The number of morpholine rings is 1. The average molecular weight is 569 g/mol. The van der Waals surface area contributed by atoms with Gasteiger partial charge in [-0.1, -0.05) is 24.3 Å². The van der Waals surface area contributed by atoms with E-state index in [2.05, 4.69) is 63.4 Å². The van der Waals surface area contributed by atoms with Crippen molar-refractivity contribution in [2.75, 3.05) is 83.6 Å². The van der Waals surface area contributed by atoms with E-state index in [4.69, 9.17) is 9.73 Å². The number of aliphatic imine (C=N–C) groups is 1. The van der Waals surface area contributed by atoms with Crippen LogP contribution in [-0.2, 0) is 16.1 Å². The summed E-state index contributed by atoms with van der Waals surface area (Å²) in [7, 11) is 0. The Morgan fingerprint density at radius 3 is 2.45 bits per heavy atom. The number of benzene rings is 1. The van der Waals surface area contributed by atoms with Gasteiger partial charge in [0.2, 0.25) is 5.91 Å². The Morgan fingerprint density at radius 1 is 1.03 bits per heavy atom. The van der Waals surface area contributed by atoms with Gasteiger partial charge in [0.1, 0.15) is 0 Å². The van der Waals surface area contributed by atoms with Crippen molar-refractivity contribution in [3.8, 4) is 0 Å². The van der Waals surface area contributed by atoms with Gasteiger partial charge in [0.05, 0.1) is 26.3 Å². The smallest absolute Gasteiger partial charge is 0.236 e. The molecule has 0 radical (unpaired) electrons. The van der Waals surface area contributed by atoms with E-state index in [1.165, 1.54) is 11.3 Å². The lowest BCUT2D eigenvalue weighted by atomic mass is 10.2. The summed E-state index contributed by atoms with van der Waals surface area (Å²) in [6.07, 6.45) is 4.42. The standard InChI is InChI=1S/C24H36N6O2.HI/c1-2-25-24(26-19-21-6-5-7-22(18-21)28-8-3-4-9-28)30-12-10-27(11-13-30)20-23(31)29-14-16-32-17-15-29;/h3-7,18H,2,8-17,19-20H2,1H3,(H,25,26);1H. The number of halogens is 1. The second kappa shape index (κ2) is 13.1. The van der Waals surface area contributed by atoms with Gasteiger partial charge in [-0.2, -0.15) is 0 Å². The molecule has 1 aromatic carbocycles. The molecule has 3 aliphatic heterocycles. The van der Waals surface area contributed by atoms with Crippen molar-refractivity contribution >= 4 is 41.5 Å². The van der Waals surface area contributed by atoms with Gasteiger partial charge in [0, 0.05) is 64.6 Å². The molecule has 1 N–H and O–H groups in total. The van der Waals surface area contributed by atoms with Gasteiger partial charge in [0.15, 0.2) is 5.96 Å². The third kappa shape index (κ3) is 7.31. The summed E-state index contributed by atoms with van der Waals surface area (Å²) in [5, 5.41) is 3.45. The number of ether oxygens (including phenoxy) is 1. The number of hydrogen-bond donors (Lipinski definition) is 1. The van der Waals surface area contributed by atoms with E-state index < -0.39 is 0 Å². The molecule has 3 heterocycles. The first-order valence-electron chi connectivity index (χ1n) is 11.8. The Kier molecular flexibility index (Phi) is 10.3. The maximum atomic E-state index is 12.5. The molecule has 0 aliphatic carbocycles. The van der Waals surface area contributed by atoms with Crippen molar-refractivity contribution in [2.45, 2.75) is 13.5 Å². The fourth-order valence-electron chi connectivity index (χ4n) is 4.35. The predicted octanol–water partition coefficient (Wildman–Crippen LogP) is 1.62. The number of rotatable bonds is 6. The lowest BCUT2D eigenvalue weighted by molar-refractivity contribution is -0.136. The lowest BCUT2D eigenvalue weighted by Crippen LogP contribution is -2.54. The number of carbonyl (C=O) groups is 1. The summed E-state index contributed by atoms with van der Waals surface area (Å²) in [4.78, 5) is 26.3. The van der Waals surface area contributed by atoms with E-state index >= 15 is 0 Å². The molecule has 2 fully saturated rings. The van der Waals surface area contributed by atoms with Crippen LogP contribution in [-0.4, -0.2) is 105 Å². The van der Waals surface area contributed by atoms with Crippen molar-refractivity contribution in [3.05, 3.63) is 42.0 Å². The minimum Gasteiger partial charge on any atom is -0.378 e. The molecule has 2 saturated heterocycles. The monoisotopic (exact) mass is 568 g/mol. The van der Waals surface area contributed by atoms with Crippen LogP contribution in [0.4, 0.5) is 5.69 Å². The van der Waals surface area contributed by atoms with Crippen LogP contribution in [0.15, 0.2) is 41.4 Å². The van der Waals surface area contributed by atoms with E-state index in [-0.39, 0.29) is 29.9 Å². The zero-order valence-electron chi connectivity index (χ0n) is 19.6. The third-order valence-electron chi connectivity index (χ3n) is 6.23. The van der Waals surface area contributed by atoms with Gasteiger partial charge < -0.3 is 24.8 Å². The van der Waals surface area contributed by atoms with Crippen molar-refractivity contribution in [2.24, 2.45) is 4.99 Å². The minimum absolute atomic E-state index is 0. The molecule has 1 amide bonds. The van der Waals surface area contributed by atoms with Crippen LogP contribution in [0.3, 0.4) is 0 Å². The number of nitrogens with one attached hydrogen (secondary N) is 1. The first kappa shape index (κ1) is 25.8. The number of nitrogens with zero attached hydrogens (tertiary/aromatic N) is 5. The van der Waals surface area contributed by atoms with Gasteiger partial charge in [-0.15, -0.1) is 24.0 Å². The minimum atomic E-state index is 0. The van der Waals surface area contributed by atoms with E-state index in [0.717, 1.165) is 51.8 Å². The van der Waals surface area contributed by atoms with Gasteiger partial charge in [-0.05, 0) is 24.6 Å². The molecule has 8 nitrogen and oxygen atoms in total. The summed E-state index contributed by atoms with van der Waals surface area (Å²) in [5.74, 6) is 1.18. The first-order valence-corrected chi connectivity index (χ1v) is 11.8. The molecule has 0 aromatic heterocycles. The molecular weight excluding hydrogens is 531 g/mol. The number of carbonyl (C=O) groups excluding carboxylic acids is 1. The molecule has 0 saturated carbocycles. The number of amides is 1. The molecular formula is C24H37IN6O2. The van der Waals surface area contributed by atoms with Crippen LogP contribution >= 0.6 is 24.0 Å². The summed E-state index contributed by atoms with van der Waals surface area (Å²) in [5.41, 5.74) is 2.48. The van der Waals surface area contributed by atoms with Gasteiger partial charge in [0.25, 0.3) is 0 Å². The Balaban J connectivity index is 0.00000306. The van der Waals surface area contributed by atoms with Crippen LogP contribution in [0.25, 0.3) is 0 Å². The second-order valence-corrected chi connectivity index (χ2v) is 8.47. The van der Waals surface area contributed by atoms with E-state index in [0.29, 0.717) is 39.4 Å². The third-order valence-corrected chi connectivity index (χ3v) is 6.23. The zero-order chi connectivity index (χ0) is 22.2. The van der Waals surface area contributed by atoms with Crippen molar-refractivity contribution in [1.29, 1.82) is 0 Å². The number of hydrogen-bond acceptors (Lipinski definition) is 5. The van der Waals surface area contributed by atoms with E-state index in [1.807, 2.05) is 4.90 Å². The van der Waals surface area contributed by atoms with Crippen LogP contribution in [0.2, 0.25) is 0 Å². The van der Waals surface area contributed by atoms with Crippen molar-refractivity contribution in [1.82, 2.24) is 20.0 Å². The van der Waals surface area contributed by atoms with Crippen LogP contribution < -0.4 is 10.2 Å². The van der Waals surface area contributed by atoms with Gasteiger partial charge in [-0.3, -0.25) is 9.69 Å². The van der Waals surface area contributed by atoms with Gasteiger partial charge in [-0.25, -0.2) is 4.99 Å². The van der Waals surface area contributed by atoms with Crippen LogP contribution in [0.1, 0.15) is 12.5 Å². The number of guanidine groups is 1. The quantitative estimate of drug-likeness (QED) is 0.244. The molecule has 0 atom stereocenters. The topological polar surface area (TPSA) is 63.7 Å². The maximum Gasteiger partial charge on any atom is 0.236 e. The van der Waals surface area contributed by atoms with E-state index in [1.54, 1.807) is 0 Å². The molecule has 33 heavy (non-hydrogen) atoms. The Labute approximate surface area is 214 Å². The summed E-state index contributed by atoms with van der Waals surface area (Å²) < 4.78 is 5.35. The molecule has 0 bridgehead atoms. The molecule has 9 heteroatoms. The second-order valence-electron chi connectivity index (χ2n) is 8.47. The number of piperazine rings is 1. The van der Waals surface area contributed by atoms with Crippen LogP contribution in [0.5, 0.6) is 0 Å². The lowest BCUT2D eigenvalue weighted by Gasteiger charge is -2.37. The first-order chi connectivity index (χ1) is 15.7. The molecule has 1 aromatic rings. The molecule has 0 unspecified atom stereocenters. The van der Waals surface area contributed by atoms with Crippen LogP contribution in [0, 0.1) is 0 Å². The Morgan fingerprint density at radius 2 is 1.76 bits per heavy atom. The molecule has 0 spiro atoms. The molecule has 4 rings (SSSR count). The van der Waals surface area contributed by atoms with Gasteiger partial charge >= 0.3 is 0 Å². The highest BCUT2D eigenvalue weighted by Gasteiger charge is 2.24. The Bertz CT molecular complexity index is 811. The van der Waals surface area contributed by atoms with Crippen molar-refractivity contribution < 1.29 is 9.53 Å². The fourth-order valence-corrected chi connectivity index (χ4v) is 4.35. The highest BCUT2D eigenvalue weighted by molar-refractivity contribution is 14.0. The summed E-state index contributed by atoms with van der Waals surface area (Å²) >= 11 is 0. The molecule has 3 aliphatic rings. The van der Waals surface area contributed by atoms with Crippen molar-refractivity contribution in [3.63, 3.8) is 0 Å². The fraction of sp³-hybridized carbons (Fsp3) is 0.583. The van der Waals surface area contributed by atoms with E-state index in [9.17, 15) is 4.79 Å². The highest BCUT2D eigenvalue weighted by Crippen LogP contribution is 2.19. The highest BCUT2D eigenvalue weighted by atomic mass is 127. The molecule has 182 valence electrons.